The van der Waals surface area contributed by atoms with Crippen LogP contribution in [0.3, 0.4) is 0 Å². The molecule has 1 aliphatic rings. The number of sulfone groups is 1. The lowest BCUT2D eigenvalue weighted by atomic mass is 10.2. The maximum atomic E-state index is 12.1. The Kier molecular flexibility index (Phi) is 4.07. The number of benzene rings is 1. The lowest BCUT2D eigenvalue weighted by molar-refractivity contribution is 0.247. The zero-order valence-corrected chi connectivity index (χ0v) is 11.9. The third kappa shape index (κ3) is 3.33. The summed E-state index contributed by atoms with van der Waals surface area (Å²) in [6, 6.07) is 9.20. The van der Waals surface area contributed by atoms with E-state index in [0.29, 0.717) is 17.5 Å². The van der Waals surface area contributed by atoms with E-state index < -0.39 is 9.84 Å². The minimum absolute atomic E-state index is 0.199. The van der Waals surface area contributed by atoms with Crippen LogP contribution in [-0.4, -0.2) is 38.7 Å². The summed E-state index contributed by atoms with van der Waals surface area (Å²) in [5.41, 5.74) is 0. The van der Waals surface area contributed by atoms with Gasteiger partial charge in [-0.15, -0.1) is 0 Å². The predicted octanol–water partition coefficient (Wildman–Crippen LogP) is 2.19. The quantitative estimate of drug-likeness (QED) is 0.793. The third-order valence-electron chi connectivity index (χ3n) is 3.81. The van der Waals surface area contributed by atoms with Crippen molar-refractivity contribution >= 4 is 9.84 Å². The molecule has 0 saturated heterocycles. The van der Waals surface area contributed by atoms with Gasteiger partial charge >= 0.3 is 0 Å². The normalized spacial score (nSPS) is 17.9. The molecule has 0 aromatic heterocycles. The Bertz CT molecular complexity index is 480. The SMILES string of the molecule is C[C@H](C1CC1)N(C)CCS(=O)(=O)c1ccccc1. The van der Waals surface area contributed by atoms with Crippen LogP contribution in [0.5, 0.6) is 0 Å². The molecule has 1 aromatic rings. The van der Waals surface area contributed by atoms with Gasteiger partial charge in [0.1, 0.15) is 0 Å². The van der Waals surface area contributed by atoms with Crippen molar-refractivity contribution in [3.05, 3.63) is 30.3 Å². The molecule has 18 heavy (non-hydrogen) atoms. The molecule has 4 heteroatoms. The van der Waals surface area contributed by atoms with Gasteiger partial charge in [0.15, 0.2) is 9.84 Å². The van der Waals surface area contributed by atoms with Crippen molar-refractivity contribution < 1.29 is 8.42 Å². The molecule has 0 bridgehead atoms. The molecule has 0 N–H and O–H groups in total. The topological polar surface area (TPSA) is 37.4 Å². The first-order chi connectivity index (χ1) is 8.50. The first-order valence-corrected chi connectivity index (χ1v) is 8.14. The van der Waals surface area contributed by atoms with E-state index in [9.17, 15) is 8.42 Å². The van der Waals surface area contributed by atoms with Crippen LogP contribution in [0.4, 0.5) is 0 Å². The first-order valence-electron chi connectivity index (χ1n) is 6.49. The fourth-order valence-corrected chi connectivity index (χ4v) is 3.49. The molecule has 0 unspecified atom stereocenters. The average molecular weight is 267 g/mol. The van der Waals surface area contributed by atoms with Gasteiger partial charge in [-0.2, -0.15) is 0 Å². The Balaban J connectivity index is 1.93. The Morgan fingerprint density at radius 3 is 2.44 bits per heavy atom. The zero-order chi connectivity index (χ0) is 13.2. The number of hydrogen-bond acceptors (Lipinski definition) is 3. The standard InChI is InChI=1S/C14H21NO2S/c1-12(13-8-9-13)15(2)10-11-18(16,17)14-6-4-3-5-7-14/h3-7,12-13H,8-11H2,1-2H3/t12-/m1/s1. The summed E-state index contributed by atoms with van der Waals surface area (Å²) < 4.78 is 24.2. The summed E-state index contributed by atoms with van der Waals surface area (Å²) in [7, 11) is -1.12. The van der Waals surface area contributed by atoms with E-state index in [2.05, 4.69) is 11.8 Å². The summed E-state index contributed by atoms with van der Waals surface area (Å²) in [6.07, 6.45) is 2.58. The smallest absolute Gasteiger partial charge is 0.179 e. The molecule has 100 valence electrons. The zero-order valence-electron chi connectivity index (χ0n) is 11.0. The second-order valence-corrected chi connectivity index (χ2v) is 7.30. The van der Waals surface area contributed by atoms with Gasteiger partial charge < -0.3 is 4.90 Å². The highest BCUT2D eigenvalue weighted by Crippen LogP contribution is 2.34. The Hall–Kier alpha value is -0.870. The summed E-state index contributed by atoms with van der Waals surface area (Å²) in [5, 5.41) is 0. The molecule has 2 rings (SSSR count). The Morgan fingerprint density at radius 1 is 1.28 bits per heavy atom. The fraction of sp³-hybridized carbons (Fsp3) is 0.571. The van der Waals surface area contributed by atoms with E-state index in [0.717, 1.165) is 5.92 Å². The maximum Gasteiger partial charge on any atom is 0.179 e. The van der Waals surface area contributed by atoms with E-state index in [1.165, 1.54) is 12.8 Å². The fourth-order valence-electron chi connectivity index (χ4n) is 2.15. The van der Waals surface area contributed by atoms with Crippen LogP contribution in [0, 0.1) is 5.92 Å². The molecule has 0 radical (unpaired) electrons. The van der Waals surface area contributed by atoms with E-state index in [-0.39, 0.29) is 5.75 Å². The highest BCUT2D eigenvalue weighted by atomic mass is 32.2. The molecule has 0 spiro atoms. The largest absolute Gasteiger partial charge is 0.302 e. The highest BCUT2D eigenvalue weighted by molar-refractivity contribution is 7.91. The van der Waals surface area contributed by atoms with Crippen molar-refractivity contribution in [1.82, 2.24) is 4.90 Å². The van der Waals surface area contributed by atoms with Gasteiger partial charge in [0.25, 0.3) is 0 Å². The monoisotopic (exact) mass is 267 g/mol. The van der Waals surface area contributed by atoms with Gasteiger partial charge in [-0.25, -0.2) is 8.42 Å². The Morgan fingerprint density at radius 2 is 1.89 bits per heavy atom. The van der Waals surface area contributed by atoms with Crippen molar-refractivity contribution in [2.24, 2.45) is 5.92 Å². The molecule has 0 aliphatic heterocycles. The predicted molar refractivity (Wildman–Crippen MR) is 73.3 cm³/mol. The van der Waals surface area contributed by atoms with Gasteiger partial charge in [-0.1, -0.05) is 18.2 Å². The molecule has 0 amide bonds. The Labute approximate surface area is 110 Å². The summed E-state index contributed by atoms with van der Waals surface area (Å²) in [4.78, 5) is 2.59. The van der Waals surface area contributed by atoms with Crippen LogP contribution in [0.2, 0.25) is 0 Å². The maximum absolute atomic E-state index is 12.1. The van der Waals surface area contributed by atoms with Gasteiger partial charge in [0, 0.05) is 12.6 Å². The summed E-state index contributed by atoms with van der Waals surface area (Å²) in [6.45, 7) is 2.79. The minimum atomic E-state index is -3.14. The molecule has 1 aromatic carbocycles. The van der Waals surface area contributed by atoms with Crippen molar-refractivity contribution in [1.29, 1.82) is 0 Å². The van der Waals surface area contributed by atoms with Crippen LogP contribution in [0.15, 0.2) is 35.2 Å². The molecule has 1 fully saturated rings. The summed E-state index contributed by atoms with van der Waals surface area (Å²) >= 11 is 0. The molecular weight excluding hydrogens is 246 g/mol. The van der Waals surface area contributed by atoms with Crippen LogP contribution in [0.1, 0.15) is 19.8 Å². The molecule has 1 saturated carbocycles. The second-order valence-electron chi connectivity index (χ2n) is 5.19. The molecular formula is C14H21NO2S. The van der Waals surface area contributed by atoms with Crippen molar-refractivity contribution in [3.8, 4) is 0 Å². The lowest BCUT2D eigenvalue weighted by Crippen LogP contribution is -2.34. The highest BCUT2D eigenvalue weighted by Gasteiger charge is 2.30. The van der Waals surface area contributed by atoms with Gasteiger partial charge in [-0.05, 0) is 44.9 Å². The van der Waals surface area contributed by atoms with Crippen LogP contribution in [0.25, 0.3) is 0 Å². The van der Waals surface area contributed by atoms with Crippen LogP contribution >= 0.6 is 0 Å². The van der Waals surface area contributed by atoms with Crippen LogP contribution in [-0.2, 0) is 9.84 Å². The van der Waals surface area contributed by atoms with E-state index >= 15 is 0 Å². The van der Waals surface area contributed by atoms with E-state index in [4.69, 9.17) is 0 Å². The van der Waals surface area contributed by atoms with E-state index in [1.54, 1.807) is 24.3 Å². The third-order valence-corrected chi connectivity index (χ3v) is 5.52. The average Bonchev–Trinajstić information content (AvgIpc) is 3.20. The van der Waals surface area contributed by atoms with Crippen molar-refractivity contribution in [2.75, 3.05) is 19.3 Å². The second kappa shape index (κ2) is 5.41. The number of hydrogen-bond donors (Lipinski definition) is 0. The van der Waals surface area contributed by atoms with E-state index in [1.807, 2.05) is 13.1 Å². The molecule has 1 atom stereocenters. The van der Waals surface area contributed by atoms with Crippen LogP contribution < -0.4 is 0 Å². The molecule has 0 heterocycles. The molecule has 1 aliphatic carbocycles. The van der Waals surface area contributed by atoms with Crippen molar-refractivity contribution in [3.63, 3.8) is 0 Å². The number of rotatable bonds is 6. The number of nitrogens with zero attached hydrogens (tertiary/aromatic N) is 1. The van der Waals surface area contributed by atoms with Gasteiger partial charge in [0.05, 0.1) is 10.6 Å². The molecule has 3 nitrogen and oxygen atoms in total. The lowest BCUT2D eigenvalue weighted by Gasteiger charge is -2.24. The first kappa shape index (κ1) is 13.6. The minimum Gasteiger partial charge on any atom is -0.302 e. The summed E-state index contributed by atoms with van der Waals surface area (Å²) in [5.74, 6) is 0.972. The van der Waals surface area contributed by atoms with Gasteiger partial charge in [-0.3, -0.25) is 0 Å². The van der Waals surface area contributed by atoms with Gasteiger partial charge in [0.2, 0.25) is 0 Å². The van der Waals surface area contributed by atoms with Crippen molar-refractivity contribution in [2.45, 2.75) is 30.7 Å².